The van der Waals surface area contributed by atoms with Gasteiger partial charge >= 0.3 is 0 Å². The lowest BCUT2D eigenvalue weighted by molar-refractivity contribution is -0.127. The molecule has 0 saturated carbocycles. The van der Waals surface area contributed by atoms with Gasteiger partial charge in [0.15, 0.2) is 0 Å². The van der Waals surface area contributed by atoms with Gasteiger partial charge in [0.05, 0.1) is 12.0 Å². The molecule has 1 aliphatic rings. The van der Waals surface area contributed by atoms with Crippen LogP contribution >= 0.6 is 27.7 Å². The van der Waals surface area contributed by atoms with Gasteiger partial charge in [-0.15, -0.1) is 0 Å². The highest BCUT2D eigenvalue weighted by molar-refractivity contribution is 9.10. The van der Waals surface area contributed by atoms with Crippen LogP contribution in [0.3, 0.4) is 0 Å². The average molecular weight is 571 g/mol. The van der Waals surface area contributed by atoms with Gasteiger partial charge in [0, 0.05) is 21.3 Å². The number of imide groups is 1. The van der Waals surface area contributed by atoms with E-state index in [9.17, 15) is 18.8 Å². The SMILES string of the molecule is COc1ccc(NC(=O)CN2C(=O)S/C(=C\c3cc(Br)ccc3OCc3ccccc3F)C2=O)cc1. The Labute approximate surface area is 219 Å². The van der Waals surface area contributed by atoms with E-state index in [1.54, 1.807) is 60.7 Å². The van der Waals surface area contributed by atoms with Crippen molar-refractivity contribution in [2.24, 2.45) is 0 Å². The van der Waals surface area contributed by atoms with Gasteiger partial charge in [-0.05, 0) is 66.4 Å². The van der Waals surface area contributed by atoms with Gasteiger partial charge in [-0.25, -0.2) is 4.39 Å². The van der Waals surface area contributed by atoms with Gasteiger partial charge in [-0.2, -0.15) is 0 Å². The maximum atomic E-state index is 14.0. The molecule has 0 bridgehead atoms. The smallest absolute Gasteiger partial charge is 0.294 e. The van der Waals surface area contributed by atoms with Crippen molar-refractivity contribution in [3.63, 3.8) is 0 Å². The third-order valence-corrected chi connectivity index (χ3v) is 6.55. The van der Waals surface area contributed by atoms with Crippen molar-refractivity contribution in [2.45, 2.75) is 6.61 Å². The Morgan fingerprint density at radius 3 is 2.58 bits per heavy atom. The molecule has 3 aromatic rings. The van der Waals surface area contributed by atoms with Crippen LogP contribution in [0, 0.1) is 5.82 Å². The first-order valence-corrected chi connectivity index (χ1v) is 12.3. The number of carbonyl (C=O) groups excluding carboxylic acids is 3. The minimum absolute atomic E-state index is 0.0118. The summed E-state index contributed by atoms with van der Waals surface area (Å²) >= 11 is 4.12. The van der Waals surface area contributed by atoms with Crippen molar-refractivity contribution >= 4 is 56.5 Å². The summed E-state index contributed by atoms with van der Waals surface area (Å²) in [4.78, 5) is 38.9. The van der Waals surface area contributed by atoms with Crippen LogP contribution in [0.1, 0.15) is 11.1 Å². The first-order valence-electron chi connectivity index (χ1n) is 10.7. The Kier molecular flexibility index (Phi) is 8.07. The maximum absolute atomic E-state index is 14.0. The number of carbonyl (C=O) groups is 3. The maximum Gasteiger partial charge on any atom is 0.294 e. The molecule has 1 aliphatic heterocycles. The lowest BCUT2D eigenvalue weighted by Gasteiger charge is -2.13. The highest BCUT2D eigenvalue weighted by Gasteiger charge is 2.36. The summed E-state index contributed by atoms with van der Waals surface area (Å²) in [5, 5.41) is 2.10. The molecular formula is C26H20BrFN2O5S. The Balaban J connectivity index is 1.47. The summed E-state index contributed by atoms with van der Waals surface area (Å²) < 4.78 is 25.6. The molecule has 1 fully saturated rings. The quantitative estimate of drug-likeness (QED) is 0.342. The molecule has 4 rings (SSSR count). The predicted octanol–water partition coefficient (Wildman–Crippen LogP) is 5.85. The number of hydrogen-bond acceptors (Lipinski definition) is 6. The number of benzene rings is 3. The molecule has 0 spiro atoms. The normalized spacial score (nSPS) is 14.3. The number of methoxy groups -OCH3 is 1. The second-order valence-electron chi connectivity index (χ2n) is 7.61. The van der Waals surface area contributed by atoms with Crippen LogP contribution in [0.25, 0.3) is 6.08 Å². The van der Waals surface area contributed by atoms with E-state index >= 15 is 0 Å². The van der Waals surface area contributed by atoms with Crippen molar-refractivity contribution in [2.75, 3.05) is 19.0 Å². The summed E-state index contributed by atoms with van der Waals surface area (Å²) in [5.41, 5.74) is 1.41. The van der Waals surface area contributed by atoms with Crippen molar-refractivity contribution in [3.05, 3.63) is 93.1 Å². The molecule has 0 atom stereocenters. The van der Waals surface area contributed by atoms with Crippen LogP contribution in [0.2, 0.25) is 0 Å². The highest BCUT2D eigenvalue weighted by Crippen LogP contribution is 2.35. The Bertz CT molecular complexity index is 1350. The molecule has 0 unspecified atom stereocenters. The zero-order chi connectivity index (χ0) is 25.7. The molecule has 1 heterocycles. The van der Waals surface area contributed by atoms with Gasteiger partial charge in [0.2, 0.25) is 5.91 Å². The van der Waals surface area contributed by atoms with E-state index in [0.717, 1.165) is 21.1 Å². The van der Waals surface area contributed by atoms with E-state index in [0.29, 0.717) is 28.3 Å². The summed E-state index contributed by atoms with van der Waals surface area (Å²) in [6, 6.07) is 18.1. The van der Waals surface area contributed by atoms with E-state index in [1.165, 1.54) is 19.3 Å². The van der Waals surface area contributed by atoms with Gasteiger partial charge in [-0.1, -0.05) is 34.1 Å². The number of thioether (sulfide) groups is 1. The number of halogens is 2. The molecule has 10 heteroatoms. The number of anilines is 1. The van der Waals surface area contributed by atoms with E-state index in [4.69, 9.17) is 9.47 Å². The molecular weight excluding hydrogens is 551 g/mol. The zero-order valence-corrected chi connectivity index (χ0v) is 21.4. The lowest BCUT2D eigenvalue weighted by atomic mass is 10.1. The summed E-state index contributed by atoms with van der Waals surface area (Å²) in [7, 11) is 1.53. The topological polar surface area (TPSA) is 84.9 Å². The average Bonchev–Trinajstić information content (AvgIpc) is 3.12. The third-order valence-electron chi connectivity index (χ3n) is 5.15. The summed E-state index contributed by atoms with van der Waals surface area (Å²) in [6.07, 6.45) is 1.52. The number of nitrogens with zero attached hydrogens (tertiary/aromatic N) is 1. The van der Waals surface area contributed by atoms with Crippen LogP contribution in [-0.4, -0.2) is 35.6 Å². The molecule has 184 valence electrons. The second kappa shape index (κ2) is 11.4. The molecule has 7 nitrogen and oxygen atoms in total. The first kappa shape index (κ1) is 25.5. The lowest BCUT2D eigenvalue weighted by Crippen LogP contribution is -2.36. The van der Waals surface area contributed by atoms with Gasteiger partial charge in [0.1, 0.15) is 30.5 Å². The van der Waals surface area contributed by atoms with Crippen LogP contribution in [0.15, 0.2) is 76.1 Å². The number of hydrogen-bond donors (Lipinski definition) is 1. The van der Waals surface area contributed by atoms with Crippen molar-refractivity contribution in [3.8, 4) is 11.5 Å². The predicted molar refractivity (Wildman–Crippen MR) is 139 cm³/mol. The number of amides is 3. The molecule has 0 radical (unpaired) electrons. The molecule has 1 N–H and O–H groups in total. The highest BCUT2D eigenvalue weighted by atomic mass is 79.9. The summed E-state index contributed by atoms with van der Waals surface area (Å²) in [6.45, 7) is -0.439. The van der Waals surface area contributed by atoms with Gasteiger partial charge in [-0.3, -0.25) is 19.3 Å². The van der Waals surface area contributed by atoms with Crippen molar-refractivity contribution in [1.29, 1.82) is 0 Å². The largest absolute Gasteiger partial charge is 0.497 e. The van der Waals surface area contributed by atoms with Gasteiger partial charge in [0.25, 0.3) is 11.1 Å². The van der Waals surface area contributed by atoms with E-state index in [-0.39, 0.29) is 17.3 Å². The Hall–Kier alpha value is -3.63. The molecule has 1 saturated heterocycles. The van der Waals surface area contributed by atoms with E-state index in [2.05, 4.69) is 21.2 Å². The van der Waals surface area contributed by atoms with Crippen LogP contribution in [0.4, 0.5) is 14.9 Å². The zero-order valence-electron chi connectivity index (χ0n) is 19.0. The van der Waals surface area contributed by atoms with E-state index < -0.39 is 23.6 Å². The fourth-order valence-electron chi connectivity index (χ4n) is 3.33. The number of ether oxygens (including phenoxy) is 2. The van der Waals surface area contributed by atoms with Crippen LogP contribution in [0.5, 0.6) is 11.5 Å². The summed E-state index contributed by atoms with van der Waals surface area (Å²) in [5.74, 6) is -0.445. The molecule has 3 amide bonds. The van der Waals surface area contributed by atoms with E-state index in [1.807, 2.05) is 0 Å². The molecule has 36 heavy (non-hydrogen) atoms. The molecule has 3 aromatic carbocycles. The minimum atomic E-state index is -0.588. The Morgan fingerprint density at radius 1 is 1.11 bits per heavy atom. The second-order valence-corrected chi connectivity index (χ2v) is 9.52. The van der Waals surface area contributed by atoms with Crippen molar-refractivity contribution in [1.82, 2.24) is 4.90 Å². The van der Waals surface area contributed by atoms with Crippen LogP contribution < -0.4 is 14.8 Å². The number of nitrogens with one attached hydrogen (secondary N) is 1. The van der Waals surface area contributed by atoms with Gasteiger partial charge < -0.3 is 14.8 Å². The third kappa shape index (κ3) is 6.13. The van der Waals surface area contributed by atoms with Crippen LogP contribution in [-0.2, 0) is 16.2 Å². The standard InChI is InChI=1S/C26H20BrFN2O5S/c1-34-20-9-7-19(8-10-20)29-24(31)14-30-25(32)23(36-26(30)33)13-17-12-18(27)6-11-22(17)35-15-16-4-2-3-5-21(16)28/h2-13H,14-15H2,1H3,(H,29,31)/b23-13-. The fourth-order valence-corrected chi connectivity index (χ4v) is 4.54. The number of rotatable bonds is 8. The Morgan fingerprint density at radius 2 is 1.86 bits per heavy atom. The monoisotopic (exact) mass is 570 g/mol. The minimum Gasteiger partial charge on any atom is -0.497 e. The van der Waals surface area contributed by atoms with Crippen molar-refractivity contribution < 1.29 is 28.2 Å². The molecule has 0 aliphatic carbocycles. The molecule has 0 aromatic heterocycles. The fraction of sp³-hybridized carbons (Fsp3) is 0.115. The first-order chi connectivity index (χ1) is 17.3.